The van der Waals surface area contributed by atoms with E-state index in [1.165, 1.54) is 5.56 Å². The van der Waals surface area contributed by atoms with Crippen molar-refractivity contribution < 1.29 is 9.59 Å². The summed E-state index contributed by atoms with van der Waals surface area (Å²) in [5.41, 5.74) is 4.43. The zero-order valence-corrected chi connectivity index (χ0v) is 23.1. The molecule has 0 saturated heterocycles. The van der Waals surface area contributed by atoms with Crippen LogP contribution in [0.3, 0.4) is 0 Å². The normalized spacial score (nSPS) is 11.8. The number of halogens is 1. The van der Waals surface area contributed by atoms with Gasteiger partial charge in [0.05, 0.1) is 0 Å². The Morgan fingerprint density at radius 3 is 2.17 bits per heavy atom. The minimum Gasteiger partial charge on any atom is -0.354 e. The standard InChI is InChI=1S/C31H37BrN2O2/c1-4-24-13-15-25(16-14-24)17-18-30(35)34(22-27-11-8-12-28(32)19-27)29(31(36)33-21-23(2)3)20-26-9-6-5-7-10-26/h5-16,19,23,29H,4,17-18,20-22H2,1-3H3,(H,33,36)/t29-/m0/s1. The molecule has 0 aliphatic rings. The van der Waals surface area contributed by atoms with E-state index in [0.717, 1.165) is 27.6 Å². The molecule has 0 radical (unpaired) electrons. The summed E-state index contributed by atoms with van der Waals surface area (Å²) in [4.78, 5) is 29.0. The number of benzene rings is 3. The SMILES string of the molecule is CCc1ccc(CCC(=O)N(Cc2cccc(Br)c2)[C@@H](Cc2ccccc2)C(=O)NCC(C)C)cc1. The van der Waals surface area contributed by atoms with Gasteiger partial charge in [0.15, 0.2) is 0 Å². The smallest absolute Gasteiger partial charge is 0.243 e. The van der Waals surface area contributed by atoms with Gasteiger partial charge >= 0.3 is 0 Å². The lowest BCUT2D eigenvalue weighted by atomic mass is 10.0. The van der Waals surface area contributed by atoms with E-state index < -0.39 is 6.04 Å². The van der Waals surface area contributed by atoms with Crippen LogP contribution in [0.4, 0.5) is 0 Å². The zero-order valence-electron chi connectivity index (χ0n) is 21.5. The van der Waals surface area contributed by atoms with E-state index in [0.29, 0.717) is 38.3 Å². The van der Waals surface area contributed by atoms with Gasteiger partial charge in [0.25, 0.3) is 0 Å². The largest absolute Gasteiger partial charge is 0.354 e. The average Bonchev–Trinajstić information content (AvgIpc) is 2.88. The Balaban J connectivity index is 1.88. The third-order valence-corrected chi connectivity index (χ3v) is 6.75. The van der Waals surface area contributed by atoms with Crippen LogP contribution in [0.1, 0.15) is 49.4 Å². The average molecular weight is 550 g/mol. The first-order valence-corrected chi connectivity index (χ1v) is 13.6. The Bertz CT molecular complexity index is 1110. The van der Waals surface area contributed by atoms with Gasteiger partial charge in [-0.1, -0.05) is 103 Å². The second-order valence-corrected chi connectivity index (χ2v) is 10.6. The summed E-state index contributed by atoms with van der Waals surface area (Å²) in [6, 6.07) is 25.7. The maximum Gasteiger partial charge on any atom is 0.243 e. The lowest BCUT2D eigenvalue weighted by molar-refractivity contribution is -0.141. The molecule has 0 fully saturated rings. The molecule has 0 unspecified atom stereocenters. The van der Waals surface area contributed by atoms with Crippen LogP contribution in [0.25, 0.3) is 0 Å². The number of hydrogen-bond donors (Lipinski definition) is 1. The number of amides is 2. The van der Waals surface area contributed by atoms with Crippen LogP contribution >= 0.6 is 15.9 Å². The summed E-state index contributed by atoms with van der Waals surface area (Å²) >= 11 is 3.54. The van der Waals surface area contributed by atoms with Crippen molar-refractivity contribution in [1.29, 1.82) is 0 Å². The number of nitrogens with one attached hydrogen (secondary N) is 1. The molecule has 0 saturated carbocycles. The molecule has 5 heteroatoms. The topological polar surface area (TPSA) is 49.4 Å². The Morgan fingerprint density at radius 2 is 1.53 bits per heavy atom. The van der Waals surface area contributed by atoms with Crippen LogP contribution < -0.4 is 5.32 Å². The molecule has 0 spiro atoms. The number of hydrogen-bond acceptors (Lipinski definition) is 2. The van der Waals surface area contributed by atoms with Crippen LogP contribution in [0.2, 0.25) is 0 Å². The second kappa shape index (κ2) is 14.0. The van der Waals surface area contributed by atoms with Crippen molar-refractivity contribution >= 4 is 27.7 Å². The first-order chi connectivity index (χ1) is 17.4. The van der Waals surface area contributed by atoms with Gasteiger partial charge in [-0.05, 0) is 53.1 Å². The third kappa shape index (κ3) is 8.63. The van der Waals surface area contributed by atoms with Crippen LogP contribution in [0.5, 0.6) is 0 Å². The predicted octanol–water partition coefficient (Wildman–Crippen LogP) is 6.36. The summed E-state index contributed by atoms with van der Waals surface area (Å²) in [6.07, 6.45) is 2.45. The van der Waals surface area contributed by atoms with Crippen LogP contribution in [0, 0.1) is 5.92 Å². The van der Waals surface area contributed by atoms with Gasteiger partial charge in [-0.15, -0.1) is 0 Å². The van der Waals surface area contributed by atoms with E-state index in [-0.39, 0.29) is 11.8 Å². The maximum atomic E-state index is 13.7. The molecule has 0 heterocycles. The van der Waals surface area contributed by atoms with E-state index in [1.54, 1.807) is 4.90 Å². The molecular weight excluding hydrogens is 512 g/mol. The lowest BCUT2D eigenvalue weighted by Crippen LogP contribution is -2.51. The fourth-order valence-electron chi connectivity index (χ4n) is 4.15. The first kappa shape index (κ1) is 27.7. The molecule has 0 aromatic heterocycles. The van der Waals surface area contributed by atoms with Crippen molar-refractivity contribution in [2.45, 2.75) is 59.0 Å². The molecule has 190 valence electrons. The highest BCUT2D eigenvalue weighted by molar-refractivity contribution is 9.10. The van der Waals surface area contributed by atoms with Crippen molar-refractivity contribution in [1.82, 2.24) is 10.2 Å². The molecule has 0 aliphatic carbocycles. The predicted molar refractivity (Wildman–Crippen MR) is 151 cm³/mol. The Morgan fingerprint density at radius 1 is 0.861 bits per heavy atom. The molecule has 0 aliphatic heterocycles. The van der Waals surface area contributed by atoms with Crippen molar-refractivity contribution in [2.75, 3.05) is 6.54 Å². The van der Waals surface area contributed by atoms with E-state index in [2.05, 4.69) is 66.3 Å². The second-order valence-electron chi connectivity index (χ2n) is 9.67. The van der Waals surface area contributed by atoms with E-state index in [4.69, 9.17) is 0 Å². The molecule has 1 atom stereocenters. The third-order valence-electron chi connectivity index (χ3n) is 6.26. The quantitative estimate of drug-likeness (QED) is 0.286. The first-order valence-electron chi connectivity index (χ1n) is 12.8. The molecular formula is C31H37BrN2O2. The van der Waals surface area contributed by atoms with Gasteiger partial charge in [-0.2, -0.15) is 0 Å². The van der Waals surface area contributed by atoms with Gasteiger partial charge in [-0.3, -0.25) is 9.59 Å². The van der Waals surface area contributed by atoms with Gasteiger partial charge in [0.1, 0.15) is 6.04 Å². The van der Waals surface area contributed by atoms with E-state index in [9.17, 15) is 9.59 Å². The molecule has 2 amide bonds. The number of carbonyl (C=O) groups excluding carboxylic acids is 2. The summed E-state index contributed by atoms with van der Waals surface area (Å²) in [6.45, 7) is 7.23. The van der Waals surface area contributed by atoms with Crippen LogP contribution in [-0.4, -0.2) is 29.3 Å². The minimum absolute atomic E-state index is 0.0184. The molecule has 3 aromatic carbocycles. The fourth-order valence-corrected chi connectivity index (χ4v) is 4.59. The highest BCUT2D eigenvalue weighted by Crippen LogP contribution is 2.19. The van der Waals surface area contributed by atoms with Gasteiger partial charge in [0, 0.05) is 30.4 Å². The number of aryl methyl sites for hydroxylation is 2. The molecule has 4 nitrogen and oxygen atoms in total. The zero-order chi connectivity index (χ0) is 25.9. The summed E-state index contributed by atoms with van der Waals surface area (Å²) < 4.78 is 0.951. The van der Waals surface area contributed by atoms with Gasteiger partial charge in [-0.25, -0.2) is 0 Å². The number of rotatable bonds is 12. The Hall–Kier alpha value is -2.92. The van der Waals surface area contributed by atoms with Crippen molar-refractivity contribution in [3.05, 3.63) is 106 Å². The highest BCUT2D eigenvalue weighted by atomic mass is 79.9. The Kier molecular flexibility index (Phi) is 10.7. The van der Waals surface area contributed by atoms with E-state index in [1.807, 2.05) is 54.6 Å². The van der Waals surface area contributed by atoms with Crippen LogP contribution in [-0.2, 0) is 35.4 Å². The summed E-state index contributed by atoms with van der Waals surface area (Å²) in [5, 5.41) is 3.08. The highest BCUT2D eigenvalue weighted by Gasteiger charge is 2.30. The van der Waals surface area contributed by atoms with Gasteiger partial charge < -0.3 is 10.2 Å². The monoisotopic (exact) mass is 548 g/mol. The number of carbonyl (C=O) groups is 2. The molecule has 3 aromatic rings. The molecule has 3 rings (SSSR count). The lowest BCUT2D eigenvalue weighted by Gasteiger charge is -2.32. The van der Waals surface area contributed by atoms with Crippen molar-refractivity contribution in [3.63, 3.8) is 0 Å². The maximum absolute atomic E-state index is 13.7. The number of nitrogens with zero attached hydrogens (tertiary/aromatic N) is 1. The fraction of sp³-hybridized carbons (Fsp3) is 0.355. The van der Waals surface area contributed by atoms with Crippen LogP contribution in [0.15, 0.2) is 83.3 Å². The molecule has 0 bridgehead atoms. The summed E-state index contributed by atoms with van der Waals surface area (Å²) in [5.74, 6) is 0.199. The molecule has 1 N–H and O–H groups in total. The van der Waals surface area contributed by atoms with E-state index >= 15 is 0 Å². The van der Waals surface area contributed by atoms with Crippen molar-refractivity contribution in [3.8, 4) is 0 Å². The molecule has 36 heavy (non-hydrogen) atoms. The van der Waals surface area contributed by atoms with Gasteiger partial charge in [0.2, 0.25) is 11.8 Å². The Labute approximate surface area is 224 Å². The minimum atomic E-state index is -0.597. The summed E-state index contributed by atoms with van der Waals surface area (Å²) in [7, 11) is 0. The van der Waals surface area contributed by atoms with Crippen molar-refractivity contribution in [2.24, 2.45) is 5.92 Å².